The first kappa shape index (κ1) is 11.5. The van der Waals surface area contributed by atoms with Gasteiger partial charge in [0.25, 0.3) is 0 Å². The molecule has 0 atom stereocenters. The second-order valence-electron chi connectivity index (χ2n) is 4.30. The minimum Gasteiger partial charge on any atom is -0.398 e. The minimum atomic E-state index is 0.757. The van der Waals surface area contributed by atoms with E-state index in [9.17, 15) is 0 Å². The number of nitrogens with one attached hydrogen (secondary N) is 1. The monoisotopic (exact) mass is 227 g/mol. The lowest BCUT2D eigenvalue weighted by Crippen LogP contribution is -1.99. The van der Waals surface area contributed by atoms with Crippen LogP contribution in [0.2, 0.25) is 0 Å². The molecule has 1 aromatic heterocycles. The summed E-state index contributed by atoms with van der Waals surface area (Å²) in [5.41, 5.74) is 11.2. The molecule has 2 rings (SSSR count). The molecule has 0 aliphatic heterocycles. The maximum atomic E-state index is 5.86. The average molecular weight is 227 g/mol. The molecule has 0 radical (unpaired) electrons. The largest absolute Gasteiger partial charge is 0.398 e. The van der Waals surface area contributed by atoms with Crippen LogP contribution in [0, 0.1) is 20.8 Å². The van der Waals surface area contributed by atoms with Gasteiger partial charge in [-0.05, 0) is 43.5 Å². The van der Waals surface area contributed by atoms with Gasteiger partial charge in [-0.25, -0.2) is 4.98 Å². The molecule has 0 fully saturated rings. The number of aromatic nitrogens is 1. The van der Waals surface area contributed by atoms with Crippen LogP contribution >= 0.6 is 0 Å². The van der Waals surface area contributed by atoms with Crippen molar-refractivity contribution in [1.82, 2.24) is 4.98 Å². The van der Waals surface area contributed by atoms with Gasteiger partial charge in [0, 0.05) is 23.6 Å². The summed E-state index contributed by atoms with van der Waals surface area (Å²) in [6, 6.07) is 8.02. The summed E-state index contributed by atoms with van der Waals surface area (Å²) in [6.45, 7) is 6.14. The zero-order chi connectivity index (χ0) is 12.4. The molecule has 2 aromatic rings. The summed E-state index contributed by atoms with van der Waals surface area (Å²) in [7, 11) is 0. The van der Waals surface area contributed by atoms with Gasteiger partial charge in [0.05, 0.1) is 0 Å². The third kappa shape index (κ3) is 2.38. The molecule has 0 spiro atoms. The van der Waals surface area contributed by atoms with Gasteiger partial charge in [0.1, 0.15) is 5.82 Å². The topological polar surface area (TPSA) is 50.9 Å². The minimum absolute atomic E-state index is 0.757. The molecule has 0 bridgehead atoms. The number of hydrogen-bond donors (Lipinski definition) is 2. The van der Waals surface area contributed by atoms with Crippen LogP contribution < -0.4 is 11.1 Å². The maximum absolute atomic E-state index is 5.86. The molecule has 88 valence electrons. The van der Waals surface area contributed by atoms with Crippen LogP contribution in [0.5, 0.6) is 0 Å². The summed E-state index contributed by atoms with van der Waals surface area (Å²) >= 11 is 0. The van der Waals surface area contributed by atoms with Crippen LogP contribution in [0.25, 0.3) is 0 Å². The number of anilines is 3. The Morgan fingerprint density at radius 3 is 2.59 bits per heavy atom. The van der Waals surface area contributed by atoms with E-state index in [1.807, 2.05) is 25.1 Å². The molecule has 1 heterocycles. The van der Waals surface area contributed by atoms with Gasteiger partial charge in [-0.15, -0.1) is 0 Å². The molecule has 17 heavy (non-hydrogen) atoms. The number of nitrogen functional groups attached to an aromatic ring is 1. The van der Waals surface area contributed by atoms with Crippen LogP contribution in [0.3, 0.4) is 0 Å². The van der Waals surface area contributed by atoms with E-state index in [1.54, 1.807) is 6.20 Å². The van der Waals surface area contributed by atoms with Crippen molar-refractivity contribution in [2.45, 2.75) is 20.8 Å². The fraction of sp³-hybridized carbons (Fsp3) is 0.214. The van der Waals surface area contributed by atoms with Crippen molar-refractivity contribution < 1.29 is 0 Å². The van der Waals surface area contributed by atoms with Gasteiger partial charge >= 0.3 is 0 Å². The highest BCUT2D eigenvalue weighted by atomic mass is 15.0. The fourth-order valence-electron chi connectivity index (χ4n) is 1.63. The van der Waals surface area contributed by atoms with Crippen molar-refractivity contribution in [3.05, 3.63) is 47.2 Å². The van der Waals surface area contributed by atoms with E-state index in [1.165, 1.54) is 11.1 Å². The van der Waals surface area contributed by atoms with Crippen LogP contribution in [-0.2, 0) is 0 Å². The predicted molar refractivity (Wildman–Crippen MR) is 72.6 cm³/mol. The SMILES string of the molecule is Cc1cnc(Nc2cccc(C)c2C)cc1N. The molecule has 3 N–H and O–H groups in total. The standard InChI is InChI=1S/C14H17N3/c1-9-5-4-6-13(11(9)3)17-14-7-12(15)10(2)8-16-14/h4-8H,1-3H3,(H3,15,16,17). The number of aryl methyl sites for hydroxylation is 2. The van der Waals surface area contributed by atoms with Crippen LogP contribution in [0.1, 0.15) is 16.7 Å². The molecule has 3 heteroatoms. The Balaban J connectivity index is 2.31. The normalized spacial score (nSPS) is 10.3. The van der Waals surface area contributed by atoms with Gasteiger partial charge < -0.3 is 11.1 Å². The second-order valence-corrected chi connectivity index (χ2v) is 4.30. The van der Waals surface area contributed by atoms with Gasteiger partial charge in [-0.3, -0.25) is 0 Å². The summed E-state index contributed by atoms with van der Waals surface area (Å²) in [4.78, 5) is 4.31. The van der Waals surface area contributed by atoms with Gasteiger partial charge in [-0.1, -0.05) is 12.1 Å². The molecule has 0 unspecified atom stereocenters. The van der Waals surface area contributed by atoms with E-state index in [-0.39, 0.29) is 0 Å². The number of hydrogen-bond acceptors (Lipinski definition) is 3. The molecule has 0 saturated carbocycles. The van der Waals surface area contributed by atoms with Gasteiger partial charge in [0.15, 0.2) is 0 Å². The Kier molecular flexibility index (Phi) is 3.00. The quantitative estimate of drug-likeness (QED) is 0.827. The summed E-state index contributed by atoms with van der Waals surface area (Å²) in [5.74, 6) is 0.779. The first-order valence-corrected chi connectivity index (χ1v) is 5.63. The third-order valence-electron chi connectivity index (χ3n) is 3.01. The van der Waals surface area contributed by atoms with E-state index in [2.05, 4.69) is 30.2 Å². The Bertz CT molecular complexity index is 547. The average Bonchev–Trinajstić information content (AvgIpc) is 2.30. The van der Waals surface area contributed by atoms with Crippen molar-refractivity contribution in [2.75, 3.05) is 11.1 Å². The van der Waals surface area contributed by atoms with Crippen molar-refractivity contribution in [1.29, 1.82) is 0 Å². The van der Waals surface area contributed by atoms with Crippen LogP contribution in [0.4, 0.5) is 17.2 Å². The lowest BCUT2D eigenvalue weighted by atomic mass is 10.1. The fourth-order valence-corrected chi connectivity index (χ4v) is 1.63. The highest BCUT2D eigenvalue weighted by Gasteiger charge is 2.03. The van der Waals surface area contributed by atoms with E-state index in [0.29, 0.717) is 0 Å². The molecule has 0 saturated heterocycles. The second kappa shape index (κ2) is 4.45. The molecular formula is C14H17N3. The summed E-state index contributed by atoms with van der Waals surface area (Å²) in [5, 5.41) is 3.29. The molecule has 1 aromatic carbocycles. The zero-order valence-corrected chi connectivity index (χ0v) is 10.4. The first-order valence-electron chi connectivity index (χ1n) is 5.63. The van der Waals surface area contributed by atoms with E-state index < -0.39 is 0 Å². The molecule has 0 aliphatic carbocycles. The number of benzene rings is 1. The van der Waals surface area contributed by atoms with Crippen LogP contribution in [-0.4, -0.2) is 4.98 Å². The smallest absolute Gasteiger partial charge is 0.132 e. The molecule has 3 nitrogen and oxygen atoms in total. The van der Waals surface area contributed by atoms with Crippen LogP contribution in [0.15, 0.2) is 30.5 Å². The Hall–Kier alpha value is -2.03. The predicted octanol–water partition coefficient (Wildman–Crippen LogP) is 3.33. The van der Waals surface area contributed by atoms with Crippen molar-refractivity contribution in [3.63, 3.8) is 0 Å². The van der Waals surface area contributed by atoms with E-state index in [4.69, 9.17) is 5.73 Å². The number of rotatable bonds is 2. The highest BCUT2D eigenvalue weighted by Crippen LogP contribution is 2.23. The lowest BCUT2D eigenvalue weighted by molar-refractivity contribution is 1.25. The van der Waals surface area contributed by atoms with Crippen molar-refractivity contribution >= 4 is 17.2 Å². The van der Waals surface area contributed by atoms with Crippen molar-refractivity contribution in [3.8, 4) is 0 Å². The Labute approximate surface area is 102 Å². The van der Waals surface area contributed by atoms with Gasteiger partial charge in [0.2, 0.25) is 0 Å². The molecule has 0 aliphatic rings. The Morgan fingerprint density at radius 1 is 1.12 bits per heavy atom. The maximum Gasteiger partial charge on any atom is 0.132 e. The van der Waals surface area contributed by atoms with Gasteiger partial charge in [-0.2, -0.15) is 0 Å². The summed E-state index contributed by atoms with van der Waals surface area (Å²) in [6.07, 6.45) is 1.78. The Morgan fingerprint density at radius 2 is 1.88 bits per heavy atom. The number of nitrogens with two attached hydrogens (primary N) is 1. The highest BCUT2D eigenvalue weighted by molar-refractivity contribution is 5.65. The molecule has 0 amide bonds. The lowest BCUT2D eigenvalue weighted by Gasteiger charge is -2.11. The molecular weight excluding hydrogens is 210 g/mol. The summed E-state index contributed by atoms with van der Waals surface area (Å²) < 4.78 is 0. The van der Waals surface area contributed by atoms with E-state index >= 15 is 0 Å². The zero-order valence-electron chi connectivity index (χ0n) is 10.4. The third-order valence-corrected chi connectivity index (χ3v) is 3.01. The van der Waals surface area contributed by atoms with Crippen molar-refractivity contribution in [2.24, 2.45) is 0 Å². The number of pyridine rings is 1. The first-order chi connectivity index (χ1) is 8.08. The van der Waals surface area contributed by atoms with E-state index in [0.717, 1.165) is 22.8 Å². The number of nitrogens with zero attached hydrogens (tertiary/aromatic N) is 1.